The predicted molar refractivity (Wildman–Crippen MR) is 90.0 cm³/mol. The molecule has 124 valence electrons. The van der Waals surface area contributed by atoms with Gasteiger partial charge in [-0.25, -0.2) is 9.67 Å². The van der Waals surface area contributed by atoms with Gasteiger partial charge >= 0.3 is 0 Å². The number of ether oxygens (including phenoxy) is 1. The second kappa shape index (κ2) is 7.14. The molecule has 1 fully saturated rings. The molecule has 0 atom stereocenters. The summed E-state index contributed by atoms with van der Waals surface area (Å²) in [6.07, 6.45) is 7.45. The third-order valence-corrected chi connectivity index (χ3v) is 5.11. The molecule has 1 aliphatic rings. The highest BCUT2D eigenvalue weighted by atomic mass is 32.2. The van der Waals surface area contributed by atoms with Crippen molar-refractivity contribution in [1.82, 2.24) is 29.8 Å². The lowest BCUT2D eigenvalue weighted by atomic mass is 10.1. The number of benzene rings is 1. The second-order valence-electron chi connectivity index (χ2n) is 5.67. The number of hydrogen-bond acceptors (Lipinski definition) is 6. The van der Waals surface area contributed by atoms with Crippen molar-refractivity contribution in [1.29, 1.82) is 0 Å². The Morgan fingerprint density at radius 3 is 2.75 bits per heavy atom. The minimum absolute atomic E-state index is 0.347. The van der Waals surface area contributed by atoms with Crippen LogP contribution in [0.15, 0.2) is 48.1 Å². The molecule has 4 rings (SSSR count). The molecule has 0 radical (unpaired) electrons. The molecule has 0 N–H and O–H groups in total. The fourth-order valence-electron chi connectivity index (χ4n) is 2.76. The number of thioether (sulfide) groups is 1. The summed E-state index contributed by atoms with van der Waals surface area (Å²) < 4.78 is 9.35. The molecule has 0 spiro atoms. The van der Waals surface area contributed by atoms with Crippen LogP contribution in [-0.2, 0) is 10.5 Å². The van der Waals surface area contributed by atoms with Crippen LogP contribution in [0.2, 0.25) is 0 Å². The summed E-state index contributed by atoms with van der Waals surface area (Å²) in [5.41, 5.74) is 2.35. The van der Waals surface area contributed by atoms with Crippen LogP contribution in [0.5, 0.6) is 0 Å². The third kappa shape index (κ3) is 3.34. The molecule has 0 aliphatic carbocycles. The van der Waals surface area contributed by atoms with Crippen molar-refractivity contribution in [3.8, 4) is 5.69 Å². The Hall–Kier alpha value is -2.19. The van der Waals surface area contributed by atoms with Gasteiger partial charge in [0.25, 0.3) is 0 Å². The molecule has 1 aromatic carbocycles. The van der Waals surface area contributed by atoms with E-state index in [1.165, 1.54) is 5.56 Å². The first-order valence-corrected chi connectivity index (χ1v) is 8.94. The zero-order valence-electron chi connectivity index (χ0n) is 13.2. The van der Waals surface area contributed by atoms with E-state index < -0.39 is 0 Å². The van der Waals surface area contributed by atoms with Gasteiger partial charge in [0.05, 0.1) is 12.4 Å². The molecule has 24 heavy (non-hydrogen) atoms. The zero-order valence-corrected chi connectivity index (χ0v) is 14.0. The monoisotopic (exact) mass is 342 g/mol. The molecule has 7 nitrogen and oxygen atoms in total. The van der Waals surface area contributed by atoms with Crippen LogP contribution in [0.3, 0.4) is 0 Å². The van der Waals surface area contributed by atoms with Gasteiger partial charge in [-0.2, -0.15) is 0 Å². The number of hydrogen-bond donors (Lipinski definition) is 0. The molecule has 3 heterocycles. The summed E-state index contributed by atoms with van der Waals surface area (Å²) in [7, 11) is 0. The third-order valence-electron chi connectivity index (χ3n) is 4.11. The largest absolute Gasteiger partial charge is 0.381 e. The Bertz CT molecular complexity index is 764. The number of imidazole rings is 1. The summed E-state index contributed by atoms with van der Waals surface area (Å²) >= 11 is 1.67. The van der Waals surface area contributed by atoms with Gasteiger partial charge in [-0.15, -0.1) is 5.10 Å². The van der Waals surface area contributed by atoms with Gasteiger partial charge in [0.1, 0.15) is 0 Å². The molecule has 0 bridgehead atoms. The minimum atomic E-state index is 0.347. The first-order chi connectivity index (χ1) is 11.9. The average molecular weight is 342 g/mol. The van der Waals surface area contributed by atoms with Crippen LogP contribution in [0.1, 0.15) is 24.4 Å². The number of aromatic nitrogens is 6. The van der Waals surface area contributed by atoms with Crippen molar-refractivity contribution in [2.75, 3.05) is 13.2 Å². The van der Waals surface area contributed by atoms with E-state index in [1.807, 2.05) is 15.4 Å². The molecular weight excluding hydrogens is 324 g/mol. The van der Waals surface area contributed by atoms with E-state index >= 15 is 0 Å². The molecular formula is C16H18N6OS. The van der Waals surface area contributed by atoms with Crippen LogP contribution in [0.25, 0.3) is 5.69 Å². The lowest BCUT2D eigenvalue weighted by molar-refractivity contribution is 0.0631. The first kappa shape index (κ1) is 15.3. The van der Waals surface area contributed by atoms with Crippen molar-refractivity contribution in [3.05, 3.63) is 48.5 Å². The van der Waals surface area contributed by atoms with Crippen LogP contribution in [0, 0.1) is 0 Å². The van der Waals surface area contributed by atoms with Crippen molar-refractivity contribution in [3.63, 3.8) is 0 Å². The summed E-state index contributed by atoms with van der Waals surface area (Å²) in [6, 6.07) is 8.80. The van der Waals surface area contributed by atoms with Gasteiger partial charge in [0.15, 0.2) is 0 Å². The quantitative estimate of drug-likeness (QED) is 0.664. The Morgan fingerprint density at radius 1 is 1.17 bits per heavy atom. The Morgan fingerprint density at radius 2 is 2.00 bits per heavy atom. The van der Waals surface area contributed by atoms with E-state index in [9.17, 15) is 0 Å². The van der Waals surface area contributed by atoms with Gasteiger partial charge in [0, 0.05) is 37.0 Å². The van der Waals surface area contributed by atoms with Crippen LogP contribution in [0.4, 0.5) is 0 Å². The fraction of sp³-hybridized carbons (Fsp3) is 0.375. The number of nitrogens with zero attached hydrogens (tertiary/aromatic N) is 6. The Labute approximate surface area is 144 Å². The topological polar surface area (TPSA) is 70.7 Å². The summed E-state index contributed by atoms with van der Waals surface area (Å²) in [6.45, 7) is 1.56. The summed E-state index contributed by atoms with van der Waals surface area (Å²) in [5, 5.41) is 13.1. The van der Waals surface area contributed by atoms with E-state index in [-0.39, 0.29) is 0 Å². The molecule has 3 aromatic rings. The van der Waals surface area contributed by atoms with Gasteiger partial charge in [-0.05, 0) is 41.0 Å². The maximum Gasteiger partial charge on any atom is 0.209 e. The second-order valence-corrected chi connectivity index (χ2v) is 6.62. The van der Waals surface area contributed by atoms with Gasteiger partial charge in [-0.3, -0.25) is 0 Å². The van der Waals surface area contributed by atoms with E-state index in [2.05, 4.69) is 44.8 Å². The first-order valence-electron chi connectivity index (χ1n) is 7.96. The van der Waals surface area contributed by atoms with Crippen LogP contribution >= 0.6 is 11.8 Å². The van der Waals surface area contributed by atoms with Crippen LogP contribution in [-0.4, -0.2) is 43.0 Å². The van der Waals surface area contributed by atoms with E-state index in [1.54, 1.807) is 24.3 Å². The van der Waals surface area contributed by atoms with Crippen molar-refractivity contribution in [2.45, 2.75) is 29.8 Å². The molecule has 1 saturated heterocycles. The molecule has 8 heteroatoms. The molecule has 0 amide bonds. The predicted octanol–water partition coefficient (Wildman–Crippen LogP) is 2.50. The highest BCUT2D eigenvalue weighted by Crippen LogP contribution is 2.27. The number of rotatable bonds is 5. The molecule has 2 aromatic heterocycles. The van der Waals surface area contributed by atoms with Crippen molar-refractivity contribution >= 4 is 11.8 Å². The maximum absolute atomic E-state index is 5.41. The Balaban J connectivity index is 1.41. The van der Waals surface area contributed by atoms with Gasteiger partial charge < -0.3 is 9.30 Å². The zero-order chi connectivity index (χ0) is 16.2. The molecule has 0 saturated carbocycles. The smallest absolute Gasteiger partial charge is 0.209 e. The summed E-state index contributed by atoms with van der Waals surface area (Å²) in [5.74, 6) is 0.841. The summed E-state index contributed by atoms with van der Waals surface area (Å²) in [4.78, 5) is 4.07. The molecule has 0 unspecified atom stereocenters. The highest BCUT2D eigenvalue weighted by Gasteiger charge is 2.20. The maximum atomic E-state index is 5.41. The molecule has 1 aliphatic heterocycles. The highest BCUT2D eigenvalue weighted by molar-refractivity contribution is 7.98. The number of tetrazole rings is 1. The van der Waals surface area contributed by atoms with E-state index in [0.29, 0.717) is 6.04 Å². The average Bonchev–Trinajstić information content (AvgIpc) is 3.33. The SMILES string of the molecule is c1cn(-c2ccc(CSc3nnnn3C3CCOCC3)cc2)cn1. The minimum Gasteiger partial charge on any atom is -0.381 e. The van der Waals surface area contributed by atoms with Gasteiger partial charge in [0.2, 0.25) is 5.16 Å². The normalized spacial score (nSPS) is 15.7. The van der Waals surface area contributed by atoms with Crippen molar-refractivity contribution in [2.24, 2.45) is 0 Å². The van der Waals surface area contributed by atoms with Gasteiger partial charge in [-0.1, -0.05) is 23.9 Å². The lowest BCUT2D eigenvalue weighted by Crippen LogP contribution is -2.21. The van der Waals surface area contributed by atoms with E-state index in [4.69, 9.17) is 4.74 Å². The fourth-order valence-corrected chi connectivity index (χ4v) is 3.66. The van der Waals surface area contributed by atoms with Crippen LogP contribution < -0.4 is 0 Å². The van der Waals surface area contributed by atoms with Crippen molar-refractivity contribution < 1.29 is 4.74 Å². The lowest BCUT2D eigenvalue weighted by Gasteiger charge is -2.22. The standard InChI is InChI=1S/C16H18N6OS/c1-3-14(21-8-7-17-12-21)4-2-13(1)11-24-16-18-19-20-22(16)15-5-9-23-10-6-15/h1-4,7-8,12,15H,5-6,9-11H2. The van der Waals surface area contributed by atoms with E-state index in [0.717, 1.165) is 42.7 Å². The Kier molecular flexibility index (Phi) is 4.57.